The first-order valence-electron chi connectivity index (χ1n) is 5.38. The van der Waals surface area contributed by atoms with Crippen LogP contribution in [0.15, 0.2) is 0 Å². The molecular formula is C11H21P. The van der Waals surface area contributed by atoms with Gasteiger partial charge in [0, 0.05) is 0 Å². The number of rotatable bonds is 1. The fourth-order valence-corrected chi connectivity index (χ4v) is 6.98. The summed E-state index contributed by atoms with van der Waals surface area (Å²) >= 11 is 0. The highest BCUT2D eigenvalue weighted by molar-refractivity contribution is 7.66. The van der Waals surface area contributed by atoms with Gasteiger partial charge in [0.05, 0.1) is 0 Å². The van der Waals surface area contributed by atoms with E-state index in [0.29, 0.717) is 7.92 Å². The van der Waals surface area contributed by atoms with E-state index in [9.17, 15) is 0 Å². The van der Waals surface area contributed by atoms with Gasteiger partial charge < -0.3 is 0 Å². The molecule has 1 heterocycles. The molecule has 1 aliphatic carbocycles. The van der Waals surface area contributed by atoms with Gasteiger partial charge >= 0.3 is 0 Å². The minimum absolute atomic E-state index is 0.454. The molecule has 0 radical (unpaired) electrons. The van der Waals surface area contributed by atoms with E-state index >= 15 is 0 Å². The molecule has 0 spiro atoms. The van der Waals surface area contributed by atoms with E-state index in [2.05, 4.69) is 27.4 Å². The SMILES string of the molecule is CCC1CC(C)C(C)C2C1P2C. The number of hydrogen-bond donors (Lipinski definition) is 0. The maximum absolute atomic E-state index is 2.53. The third-order valence-electron chi connectivity index (χ3n) is 4.32. The average molecular weight is 184 g/mol. The Morgan fingerprint density at radius 2 is 1.92 bits per heavy atom. The lowest BCUT2D eigenvalue weighted by atomic mass is 9.75. The van der Waals surface area contributed by atoms with E-state index < -0.39 is 0 Å². The number of fused-ring (bicyclic) bond motifs is 1. The molecule has 70 valence electrons. The van der Waals surface area contributed by atoms with Crippen molar-refractivity contribution in [3.05, 3.63) is 0 Å². The van der Waals surface area contributed by atoms with E-state index in [1.165, 1.54) is 18.5 Å². The standard InChI is InChI=1S/C11H21P/c1-5-9-6-7(2)8(3)10-11(9)12(10)4/h7-11H,5-6H2,1-4H3. The molecule has 0 bridgehead atoms. The van der Waals surface area contributed by atoms with E-state index in [0.717, 1.165) is 23.4 Å². The summed E-state index contributed by atoms with van der Waals surface area (Å²) in [6.07, 6.45) is 2.95. The zero-order valence-corrected chi connectivity index (χ0v) is 9.64. The minimum atomic E-state index is 0.454. The van der Waals surface area contributed by atoms with Crippen molar-refractivity contribution in [2.75, 3.05) is 6.66 Å². The summed E-state index contributed by atoms with van der Waals surface area (Å²) in [6, 6.07) is 0. The summed E-state index contributed by atoms with van der Waals surface area (Å²) in [4.78, 5) is 0. The molecule has 1 saturated carbocycles. The van der Waals surface area contributed by atoms with Crippen LogP contribution in [-0.4, -0.2) is 18.0 Å². The molecule has 0 aromatic rings. The largest absolute Gasteiger partial charge is 0.102 e. The molecule has 0 aromatic carbocycles. The van der Waals surface area contributed by atoms with Crippen LogP contribution in [0.5, 0.6) is 0 Å². The molecule has 12 heavy (non-hydrogen) atoms. The van der Waals surface area contributed by atoms with Crippen molar-refractivity contribution in [2.24, 2.45) is 17.8 Å². The van der Waals surface area contributed by atoms with Gasteiger partial charge in [-0.1, -0.05) is 27.2 Å². The molecule has 0 aromatic heterocycles. The fraction of sp³-hybridized carbons (Fsp3) is 1.00. The van der Waals surface area contributed by atoms with Crippen LogP contribution in [0.3, 0.4) is 0 Å². The molecule has 0 N–H and O–H groups in total. The van der Waals surface area contributed by atoms with Gasteiger partial charge in [0.2, 0.25) is 0 Å². The molecule has 1 heteroatoms. The first-order chi connectivity index (χ1) is 5.66. The van der Waals surface area contributed by atoms with Crippen molar-refractivity contribution in [1.29, 1.82) is 0 Å². The molecule has 0 nitrogen and oxygen atoms in total. The van der Waals surface area contributed by atoms with Gasteiger partial charge in [0.15, 0.2) is 0 Å². The van der Waals surface area contributed by atoms with Crippen molar-refractivity contribution in [2.45, 2.75) is 44.9 Å². The Balaban J connectivity index is 2.08. The van der Waals surface area contributed by atoms with Crippen molar-refractivity contribution in [3.8, 4) is 0 Å². The highest BCUT2D eigenvalue weighted by Gasteiger charge is 2.56. The topological polar surface area (TPSA) is 0 Å². The van der Waals surface area contributed by atoms with E-state index in [1.54, 1.807) is 0 Å². The van der Waals surface area contributed by atoms with E-state index in [1.807, 2.05) is 0 Å². The third-order valence-corrected chi connectivity index (χ3v) is 7.39. The molecule has 1 saturated heterocycles. The average Bonchev–Trinajstić information content (AvgIpc) is 2.71. The van der Waals surface area contributed by atoms with Gasteiger partial charge in [0.25, 0.3) is 0 Å². The molecule has 1 aliphatic heterocycles. The molecule has 0 amide bonds. The molecule has 6 unspecified atom stereocenters. The Bertz CT molecular complexity index is 171. The minimum Gasteiger partial charge on any atom is -0.102 e. The lowest BCUT2D eigenvalue weighted by Gasteiger charge is -2.30. The first-order valence-corrected chi connectivity index (χ1v) is 7.31. The van der Waals surface area contributed by atoms with Gasteiger partial charge in [-0.05, 0) is 42.2 Å². The lowest BCUT2D eigenvalue weighted by Crippen LogP contribution is -2.28. The maximum atomic E-state index is 2.53. The van der Waals surface area contributed by atoms with Crippen molar-refractivity contribution in [3.63, 3.8) is 0 Å². The van der Waals surface area contributed by atoms with Gasteiger partial charge in [-0.2, -0.15) is 0 Å². The van der Waals surface area contributed by atoms with Crippen LogP contribution in [0.2, 0.25) is 0 Å². The molecule has 2 fully saturated rings. The predicted octanol–water partition coefficient (Wildman–Crippen LogP) is 3.55. The van der Waals surface area contributed by atoms with Crippen LogP contribution in [0.4, 0.5) is 0 Å². The summed E-state index contributed by atoms with van der Waals surface area (Å²) in [5, 5.41) is 0. The Labute approximate surface area is 77.9 Å². The summed E-state index contributed by atoms with van der Waals surface area (Å²) in [5.41, 5.74) is 2.34. The van der Waals surface area contributed by atoms with Crippen molar-refractivity contribution >= 4 is 7.92 Å². The summed E-state index contributed by atoms with van der Waals surface area (Å²) in [6.45, 7) is 9.86. The second kappa shape index (κ2) is 2.98. The van der Waals surface area contributed by atoms with E-state index in [4.69, 9.17) is 0 Å². The van der Waals surface area contributed by atoms with Crippen LogP contribution in [0, 0.1) is 17.8 Å². The van der Waals surface area contributed by atoms with Crippen LogP contribution in [0.25, 0.3) is 0 Å². The van der Waals surface area contributed by atoms with Crippen LogP contribution in [0.1, 0.15) is 33.6 Å². The maximum Gasteiger partial charge on any atom is -0.0110 e. The smallest absolute Gasteiger partial charge is 0.0110 e. The van der Waals surface area contributed by atoms with Gasteiger partial charge in [-0.15, -0.1) is 7.92 Å². The molecular weight excluding hydrogens is 163 g/mol. The zero-order valence-electron chi connectivity index (χ0n) is 8.75. The molecule has 6 atom stereocenters. The monoisotopic (exact) mass is 184 g/mol. The lowest BCUT2D eigenvalue weighted by molar-refractivity contribution is 0.245. The van der Waals surface area contributed by atoms with E-state index in [-0.39, 0.29) is 0 Å². The Morgan fingerprint density at radius 3 is 2.50 bits per heavy atom. The Morgan fingerprint density at radius 1 is 1.25 bits per heavy atom. The van der Waals surface area contributed by atoms with Gasteiger partial charge in [-0.3, -0.25) is 0 Å². The number of hydrogen-bond acceptors (Lipinski definition) is 0. The highest BCUT2D eigenvalue weighted by Crippen LogP contribution is 2.73. The Kier molecular flexibility index (Phi) is 2.24. The van der Waals surface area contributed by atoms with Crippen LogP contribution >= 0.6 is 7.92 Å². The third kappa shape index (κ3) is 1.15. The molecule has 2 rings (SSSR count). The van der Waals surface area contributed by atoms with Gasteiger partial charge in [0.1, 0.15) is 0 Å². The molecule has 2 aliphatic rings. The van der Waals surface area contributed by atoms with Crippen molar-refractivity contribution in [1.82, 2.24) is 0 Å². The normalized spacial score (nSPS) is 58.0. The second-order valence-corrected chi connectivity index (χ2v) is 7.41. The fourth-order valence-electron chi connectivity index (χ4n) is 3.26. The van der Waals surface area contributed by atoms with Crippen LogP contribution < -0.4 is 0 Å². The predicted molar refractivity (Wildman–Crippen MR) is 57.1 cm³/mol. The summed E-state index contributed by atoms with van der Waals surface area (Å²) < 4.78 is 0. The first kappa shape index (κ1) is 9.00. The Hall–Kier alpha value is 0.430. The second-order valence-electron chi connectivity index (χ2n) is 4.89. The van der Waals surface area contributed by atoms with Crippen LogP contribution in [-0.2, 0) is 0 Å². The summed E-state index contributed by atoms with van der Waals surface area (Å²) in [7, 11) is 0.454. The highest BCUT2D eigenvalue weighted by atomic mass is 31.1. The summed E-state index contributed by atoms with van der Waals surface area (Å²) in [5.74, 6) is 3.13. The zero-order chi connectivity index (χ0) is 8.88. The van der Waals surface area contributed by atoms with Gasteiger partial charge in [-0.25, -0.2) is 0 Å². The quantitative estimate of drug-likeness (QED) is 0.547. The van der Waals surface area contributed by atoms with Crippen molar-refractivity contribution < 1.29 is 0 Å².